The molecule has 0 spiro atoms. The van der Waals surface area contributed by atoms with Crippen LogP contribution in [0.3, 0.4) is 0 Å². The third-order valence-electron chi connectivity index (χ3n) is 1.63. The second-order valence-corrected chi connectivity index (χ2v) is 3.62. The molecule has 0 amide bonds. The maximum absolute atomic E-state index is 13.0. The van der Waals surface area contributed by atoms with Gasteiger partial charge >= 0.3 is 11.9 Å². The van der Waals surface area contributed by atoms with Crippen molar-refractivity contribution in [2.24, 2.45) is 0 Å². The number of alkyl halides is 2. The van der Waals surface area contributed by atoms with Gasteiger partial charge in [-0.05, 0) is 20.8 Å². The number of rotatable bonds is 4. The average Bonchev–Trinajstić information content (AvgIpc) is 1.97. The summed E-state index contributed by atoms with van der Waals surface area (Å²) in [6.07, 6.45) is 0. The lowest BCUT2D eigenvalue weighted by Crippen LogP contribution is -2.46. The monoisotopic (exact) mass is 208 g/mol. The van der Waals surface area contributed by atoms with Crippen molar-refractivity contribution in [3.05, 3.63) is 12.2 Å². The fourth-order valence-corrected chi connectivity index (χ4v) is 0.456. The smallest absolute Gasteiger partial charge is 0.333 e. The van der Waals surface area contributed by atoms with Crippen LogP contribution >= 0.6 is 0 Å². The van der Waals surface area contributed by atoms with Crippen LogP contribution in [-0.4, -0.2) is 29.2 Å². The predicted octanol–water partition coefficient (Wildman–Crippen LogP) is 1.51. The number of hydrogen-bond donors (Lipinski definition) is 1. The van der Waals surface area contributed by atoms with Gasteiger partial charge in [0, 0.05) is 5.57 Å². The van der Waals surface area contributed by atoms with Crippen LogP contribution in [0.1, 0.15) is 20.8 Å². The minimum absolute atomic E-state index is 0.0385. The largest absolute Gasteiger partial charge is 0.456 e. The van der Waals surface area contributed by atoms with E-state index in [2.05, 4.69) is 11.3 Å². The Morgan fingerprint density at radius 3 is 2.21 bits per heavy atom. The standard InChI is InChI=1S/C9H14F2O3/c1-6(2)7(12)14-5-9(10,11)8(3,4)13/h13H,1,5H2,2-4H3. The second-order valence-electron chi connectivity index (χ2n) is 3.62. The summed E-state index contributed by atoms with van der Waals surface area (Å²) in [5.74, 6) is -4.37. The van der Waals surface area contributed by atoms with Gasteiger partial charge in [0.2, 0.25) is 0 Å². The van der Waals surface area contributed by atoms with Gasteiger partial charge in [-0.3, -0.25) is 0 Å². The predicted molar refractivity (Wildman–Crippen MR) is 47.0 cm³/mol. The number of carbonyl (C=O) groups is 1. The van der Waals surface area contributed by atoms with Gasteiger partial charge in [-0.2, -0.15) is 8.78 Å². The SMILES string of the molecule is C=C(C)C(=O)OCC(F)(F)C(C)(C)O. The molecular weight excluding hydrogens is 194 g/mol. The summed E-state index contributed by atoms with van der Waals surface area (Å²) in [5.41, 5.74) is -2.18. The summed E-state index contributed by atoms with van der Waals surface area (Å²) in [6, 6.07) is 0. The lowest BCUT2D eigenvalue weighted by Gasteiger charge is -2.28. The second kappa shape index (κ2) is 4.04. The van der Waals surface area contributed by atoms with E-state index in [-0.39, 0.29) is 5.57 Å². The van der Waals surface area contributed by atoms with Crippen LogP contribution in [0.2, 0.25) is 0 Å². The summed E-state index contributed by atoms with van der Waals surface area (Å²) >= 11 is 0. The first-order valence-corrected chi connectivity index (χ1v) is 4.01. The topological polar surface area (TPSA) is 46.5 Å². The number of halogens is 2. The number of carbonyl (C=O) groups excluding carboxylic acids is 1. The van der Waals surface area contributed by atoms with E-state index in [1.807, 2.05) is 0 Å². The van der Waals surface area contributed by atoms with E-state index in [0.717, 1.165) is 13.8 Å². The van der Waals surface area contributed by atoms with E-state index in [4.69, 9.17) is 5.11 Å². The van der Waals surface area contributed by atoms with Crippen LogP contribution < -0.4 is 0 Å². The zero-order chi connectivity index (χ0) is 11.6. The molecule has 0 fully saturated rings. The highest BCUT2D eigenvalue weighted by molar-refractivity contribution is 5.86. The summed E-state index contributed by atoms with van der Waals surface area (Å²) in [6.45, 7) is 5.33. The molecule has 82 valence electrons. The van der Waals surface area contributed by atoms with Crippen molar-refractivity contribution in [1.82, 2.24) is 0 Å². The molecule has 0 aromatic heterocycles. The minimum Gasteiger partial charge on any atom is -0.456 e. The van der Waals surface area contributed by atoms with Crippen LogP contribution in [0.25, 0.3) is 0 Å². The van der Waals surface area contributed by atoms with Crippen LogP contribution in [-0.2, 0) is 9.53 Å². The average molecular weight is 208 g/mol. The molecule has 0 saturated heterocycles. The van der Waals surface area contributed by atoms with Crippen LogP contribution in [0.5, 0.6) is 0 Å². The highest BCUT2D eigenvalue weighted by Gasteiger charge is 2.46. The van der Waals surface area contributed by atoms with Crippen molar-refractivity contribution in [2.75, 3.05) is 6.61 Å². The van der Waals surface area contributed by atoms with E-state index < -0.39 is 24.1 Å². The highest BCUT2D eigenvalue weighted by atomic mass is 19.3. The number of esters is 1. The Hall–Kier alpha value is -0.970. The highest BCUT2D eigenvalue weighted by Crippen LogP contribution is 2.28. The number of aliphatic hydroxyl groups is 1. The Morgan fingerprint density at radius 2 is 1.93 bits per heavy atom. The Kier molecular flexibility index (Phi) is 3.76. The van der Waals surface area contributed by atoms with Crippen LogP contribution in [0.15, 0.2) is 12.2 Å². The molecule has 0 atom stereocenters. The molecule has 0 bridgehead atoms. The molecule has 3 nitrogen and oxygen atoms in total. The Morgan fingerprint density at radius 1 is 1.50 bits per heavy atom. The van der Waals surface area contributed by atoms with E-state index in [1.54, 1.807) is 0 Å². The minimum atomic E-state index is -3.47. The van der Waals surface area contributed by atoms with E-state index >= 15 is 0 Å². The third kappa shape index (κ3) is 3.41. The lowest BCUT2D eigenvalue weighted by atomic mass is 10.0. The van der Waals surface area contributed by atoms with Crippen molar-refractivity contribution < 1.29 is 23.4 Å². The summed E-state index contributed by atoms with van der Waals surface area (Å²) in [5, 5.41) is 9.03. The van der Waals surface area contributed by atoms with Gasteiger partial charge in [0.25, 0.3) is 0 Å². The van der Waals surface area contributed by atoms with E-state index in [1.165, 1.54) is 6.92 Å². The Balaban J connectivity index is 4.27. The first-order chi connectivity index (χ1) is 6.08. The fourth-order valence-electron chi connectivity index (χ4n) is 0.456. The van der Waals surface area contributed by atoms with Crippen LogP contribution in [0.4, 0.5) is 8.78 Å². The lowest BCUT2D eigenvalue weighted by molar-refractivity contribution is -0.195. The first-order valence-electron chi connectivity index (χ1n) is 4.01. The van der Waals surface area contributed by atoms with Crippen molar-refractivity contribution in [3.63, 3.8) is 0 Å². The van der Waals surface area contributed by atoms with Gasteiger partial charge in [0.1, 0.15) is 5.60 Å². The number of ether oxygens (including phenoxy) is 1. The summed E-state index contributed by atoms with van der Waals surface area (Å²) in [4.78, 5) is 10.8. The van der Waals surface area contributed by atoms with Gasteiger partial charge in [-0.15, -0.1) is 0 Å². The van der Waals surface area contributed by atoms with E-state index in [9.17, 15) is 13.6 Å². The molecule has 0 unspecified atom stereocenters. The van der Waals surface area contributed by atoms with Crippen molar-refractivity contribution in [3.8, 4) is 0 Å². The third-order valence-corrected chi connectivity index (χ3v) is 1.63. The quantitative estimate of drug-likeness (QED) is 0.562. The molecule has 0 aliphatic heterocycles. The molecule has 0 aromatic rings. The molecular formula is C9H14F2O3. The molecule has 0 aliphatic carbocycles. The summed E-state index contributed by atoms with van der Waals surface area (Å²) < 4.78 is 30.2. The normalized spacial score (nSPS) is 12.4. The van der Waals surface area contributed by atoms with Gasteiger partial charge in [0.15, 0.2) is 6.61 Å². The molecule has 0 rings (SSSR count). The van der Waals surface area contributed by atoms with Gasteiger partial charge in [0.05, 0.1) is 0 Å². The summed E-state index contributed by atoms with van der Waals surface area (Å²) in [7, 11) is 0. The zero-order valence-electron chi connectivity index (χ0n) is 8.43. The molecule has 0 saturated carbocycles. The molecule has 0 aliphatic rings. The molecule has 0 radical (unpaired) electrons. The molecule has 5 heteroatoms. The Labute approximate surface area is 81.4 Å². The van der Waals surface area contributed by atoms with Gasteiger partial charge in [-0.25, -0.2) is 4.79 Å². The number of hydrogen-bond acceptors (Lipinski definition) is 3. The fraction of sp³-hybridized carbons (Fsp3) is 0.667. The van der Waals surface area contributed by atoms with Crippen LogP contribution in [0, 0.1) is 0 Å². The van der Waals surface area contributed by atoms with Gasteiger partial charge in [-0.1, -0.05) is 6.58 Å². The molecule has 0 heterocycles. The molecule has 1 N–H and O–H groups in total. The molecule has 0 aromatic carbocycles. The maximum Gasteiger partial charge on any atom is 0.333 e. The first kappa shape index (κ1) is 13.0. The molecule has 14 heavy (non-hydrogen) atoms. The van der Waals surface area contributed by atoms with E-state index in [0.29, 0.717) is 0 Å². The van der Waals surface area contributed by atoms with Crippen molar-refractivity contribution in [1.29, 1.82) is 0 Å². The maximum atomic E-state index is 13.0. The van der Waals surface area contributed by atoms with Gasteiger partial charge < -0.3 is 9.84 Å². The van der Waals surface area contributed by atoms with Crippen molar-refractivity contribution in [2.45, 2.75) is 32.3 Å². The van der Waals surface area contributed by atoms with Crippen molar-refractivity contribution >= 4 is 5.97 Å². The zero-order valence-corrected chi connectivity index (χ0v) is 8.43. The Bertz CT molecular complexity index is 241.